The van der Waals surface area contributed by atoms with Gasteiger partial charge < -0.3 is 9.90 Å². The van der Waals surface area contributed by atoms with E-state index in [2.05, 4.69) is 17.1 Å². The van der Waals surface area contributed by atoms with Crippen molar-refractivity contribution in [2.45, 2.75) is 38.2 Å². The number of aliphatic hydroxyl groups is 1. The lowest BCUT2D eigenvalue weighted by Gasteiger charge is -2.38. The Hall–Kier alpha value is -2.80. The van der Waals surface area contributed by atoms with Gasteiger partial charge in [0, 0.05) is 18.3 Å². The van der Waals surface area contributed by atoms with Crippen LogP contribution in [0.15, 0.2) is 79.0 Å². The number of pyridine rings is 1. The number of hydrogen-bond acceptors (Lipinski definition) is 5. The molecule has 0 saturated heterocycles. The van der Waals surface area contributed by atoms with Gasteiger partial charge in [-0.3, -0.25) is 10.8 Å². The molecule has 0 aliphatic rings. The third-order valence-electron chi connectivity index (χ3n) is 6.07. The molecule has 1 radical (unpaired) electrons. The molecule has 0 fully saturated rings. The summed E-state index contributed by atoms with van der Waals surface area (Å²) in [5, 5.41) is 12.7. The Morgan fingerprint density at radius 2 is 1.75 bits per heavy atom. The highest BCUT2D eigenvalue weighted by Gasteiger charge is 2.30. The molecule has 3 rings (SSSR count). The lowest BCUT2D eigenvalue weighted by atomic mass is 9.68. The van der Waals surface area contributed by atoms with E-state index in [0.717, 1.165) is 28.6 Å². The number of carbonyl (C=O) groups is 1. The van der Waals surface area contributed by atoms with Gasteiger partial charge in [-0.1, -0.05) is 67.0 Å². The van der Waals surface area contributed by atoms with E-state index in [1.54, 1.807) is 18.5 Å². The van der Waals surface area contributed by atoms with Gasteiger partial charge in [0.05, 0.1) is 23.5 Å². The number of aliphatic hydroxyl groups excluding tert-OH is 1. The van der Waals surface area contributed by atoms with Crippen LogP contribution in [-0.4, -0.2) is 41.2 Å². The maximum absolute atomic E-state index is 11.0. The van der Waals surface area contributed by atoms with Crippen molar-refractivity contribution in [3.63, 3.8) is 0 Å². The van der Waals surface area contributed by atoms with Gasteiger partial charge >= 0.3 is 0 Å². The molecule has 0 saturated carbocycles. The lowest BCUT2D eigenvalue weighted by molar-refractivity contribution is 0.0232. The molecule has 6 heteroatoms. The molecule has 1 heterocycles. The largest absolute Gasteiger partial charge is 0.391 e. The van der Waals surface area contributed by atoms with Gasteiger partial charge in [0.2, 0.25) is 0 Å². The third-order valence-corrected chi connectivity index (χ3v) is 6.07. The molecule has 5 nitrogen and oxygen atoms in total. The highest BCUT2D eigenvalue weighted by molar-refractivity contribution is 6.66. The van der Waals surface area contributed by atoms with Crippen molar-refractivity contribution in [1.29, 1.82) is 0 Å². The van der Waals surface area contributed by atoms with Crippen LogP contribution in [0.5, 0.6) is 0 Å². The van der Waals surface area contributed by atoms with E-state index in [1.807, 2.05) is 74.5 Å². The minimum absolute atomic E-state index is 0.101. The summed E-state index contributed by atoms with van der Waals surface area (Å²) in [4.78, 5) is 15.3. The van der Waals surface area contributed by atoms with Crippen LogP contribution in [0.1, 0.15) is 25.0 Å². The summed E-state index contributed by atoms with van der Waals surface area (Å²) in [6.07, 6.45) is 3.08. The number of benzene rings is 2. The molecular formula is C26H31BN3O2. The van der Waals surface area contributed by atoms with Crippen molar-refractivity contribution in [3.8, 4) is 11.3 Å². The van der Waals surface area contributed by atoms with Gasteiger partial charge in [-0.15, -0.1) is 0 Å². The Balaban J connectivity index is 1.69. The van der Waals surface area contributed by atoms with Crippen LogP contribution in [-0.2, 0) is 16.8 Å². The summed E-state index contributed by atoms with van der Waals surface area (Å²) in [6.45, 7) is 4.37. The zero-order valence-corrected chi connectivity index (χ0v) is 18.8. The molecule has 1 aromatic heterocycles. The molecule has 0 aliphatic carbocycles. The van der Waals surface area contributed by atoms with Crippen LogP contribution in [0.4, 0.5) is 0 Å². The van der Waals surface area contributed by atoms with E-state index in [9.17, 15) is 9.90 Å². The number of aromatic nitrogens is 1. The monoisotopic (exact) mass is 428 g/mol. The summed E-state index contributed by atoms with van der Waals surface area (Å²) >= 11 is 0. The average molecular weight is 428 g/mol. The van der Waals surface area contributed by atoms with Crippen LogP contribution < -0.4 is 5.84 Å². The summed E-state index contributed by atoms with van der Waals surface area (Å²) < 4.78 is 0. The smallest absolute Gasteiger partial charge is 0.198 e. The first-order chi connectivity index (χ1) is 15.4. The Labute approximate surface area is 191 Å². The third kappa shape index (κ3) is 6.13. The van der Waals surface area contributed by atoms with E-state index >= 15 is 0 Å². The lowest BCUT2D eigenvalue weighted by Crippen LogP contribution is -2.51. The SMILES string of the molecule is CC(C)(c1ccc(-c2ccccn2)cc1)N(N)C[C@H](O)[C@@H](C[B]C=O)Cc1ccccc1. The molecule has 2 aromatic carbocycles. The topological polar surface area (TPSA) is 79.5 Å². The van der Waals surface area contributed by atoms with Crippen molar-refractivity contribution in [3.05, 3.63) is 90.1 Å². The van der Waals surface area contributed by atoms with Gasteiger partial charge in [0.15, 0.2) is 7.28 Å². The van der Waals surface area contributed by atoms with Crippen LogP contribution in [0.25, 0.3) is 11.3 Å². The van der Waals surface area contributed by atoms with E-state index in [4.69, 9.17) is 5.84 Å². The fraction of sp³-hybridized carbons (Fsp3) is 0.308. The first-order valence-electron chi connectivity index (χ1n) is 10.9. The quantitative estimate of drug-likeness (QED) is 0.211. The molecule has 0 spiro atoms. The number of hydrazine groups is 1. The minimum Gasteiger partial charge on any atom is -0.391 e. The van der Waals surface area contributed by atoms with Crippen molar-refractivity contribution in [1.82, 2.24) is 9.99 Å². The molecule has 0 amide bonds. The van der Waals surface area contributed by atoms with Crippen molar-refractivity contribution < 1.29 is 9.90 Å². The highest BCUT2D eigenvalue weighted by atomic mass is 16.3. The maximum atomic E-state index is 11.0. The highest BCUT2D eigenvalue weighted by Crippen LogP contribution is 2.29. The normalized spacial score (nSPS) is 13.5. The summed E-state index contributed by atoms with van der Waals surface area (Å²) in [6, 6.07) is 24.0. The summed E-state index contributed by atoms with van der Waals surface area (Å²) in [7, 11) is 1.57. The molecule has 0 aliphatic heterocycles. The van der Waals surface area contributed by atoms with E-state index in [0.29, 0.717) is 19.3 Å². The number of nitrogens with two attached hydrogens (primary N) is 1. The molecule has 3 N–H and O–H groups in total. The number of rotatable bonds is 11. The molecule has 0 bridgehead atoms. The summed E-state index contributed by atoms with van der Waals surface area (Å²) in [5.74, 6) is 6.37. The minimum atomic E-state index is -0.677. The van der Waals surface area contributed by atoms with E-state index in [1.165, 1.54) is 0 Å². The van der Waals surface area contributed by atoms with Crippen LogP contribution in [0.3, 0.4) is 0 Å². The standard InChI is InChI=1S/C26H31BN3O2/c1-26(2,23-13-11-21(12-14-23)24-10-6-7-15-29-24)30(28)18-25(32)22(17-27-19-31)16-20-8-4-3-5-9-20/h3-15,19,22,25,32H,16-18,28H2,1-2H3/t22-,25+/m1/s1. The fourth-order valence-corrected chi connectivity index (χ4v) is 3.85. The molecule has 0 unspecified atom stereocenters. The Bertz CT molecular complexity index is 965. The second-order valence-corrected chi connectivity index (χ2v) is 8.63. The number of hydrogen-bond donors (Lipinski definition) is 2. The predicted octanol–water partition coefficient (Wildman–Crippen LogP) is 3.69. The molecule has 32 heavy (non-hydrogen) atoms. The van der Waals surface area contributed by atoms with Crippen molar-refractivity contribution in [2.24, 2.45) is 11.8 Å². The summed E-state index contributed by atoms with van der Waals surface area (Å²) in [5.41, 5.74) is 3.65. The van der Waals surface area contributed by atoms with Crippen LogP contribution in [0.2, 0.25) is 6.32 Å². The molecular weight excluding hydrogens is 397 g/mol. The maximum Gasteiger partial charge on any atom is 0.198 e. The number of nitrogens with zero attached hydrogens (tertiary/aromatic N) is 2. The second kappa shape index (κ2) is 11.2. The molecule has 165 valence electrons. The van der Waals surface area contributed by atoms with E-state index < -0.39 is 11.6 Å². The number of carbonyl (C=O) groups excluding carboxylic acids is 1. The first kappa shape index (κ1) is 23.9. The van der Waals surface area contributed by atoms with Crippen LogP contribution >= 0.6 is 0 Å². The first-order valence-corrected chi connectivity index (χ1v) is 10.9. The van der Waals surface area contributed by atoms with Gasteiger partial charge in [-0.25, -0.2) is 5.01 Å². The van der Waals surface area contributed by atoms with Gasteiger partial charge in [0.1, 0.15) is 0 Å². The van der Waals surface area contributed by atoms with Gasteiger partial charge in [0.25, 0.3) is 0 Å². The Morgan fingerprint density at radius 3 is 2.38 bits per heavy atom. The Kier molecular flexibility index (Phi) is 8.34. The Morgan fingerprint density at radius 1 is 1.06 bits per heavy atom. The van der Waals surface area contributed by atoms with Crippen LogP contribution in [0, 0.1) is 5.92 Å². The van der Waals surface area contributed by atoms with Crippen molar-refractivity contribution in [2.75, 3.05) is 6.54 Å². The fourth-order valence-electron chi connectivity index (χ4n) is 3.85. The molecule has 3 aromatic rings. The predicted molar refractivity (Wildman–Crippen MR) is 131 cm³/mol. The van der Waals surface area contributed by atoms with E-state index in [-0.39, 0.29) is 5.92 Å². The zero-order chi connectivity index (χ0) is 23.0. The molecule has 2 atom stereocenters. The average Bonchev–Trinajstić information content (AvgIpc) is 2.83. The zero-order valence-electron chi connectivity index (χ0n) is 18.8. The van der Waals surface area contributed by atoms with Gasteiger partial charge in [-0.05, 0) is 49.4 Å². The van der Waals surface area contributed by atoms with Crippen molar-refractivity contribution >= 4 is 13.5 Å². The van der Waals surface area contributed by atoms with Gasteiger partial charge in [-0.2, -0.15) is 0 Å². The second-order valence-electron chi connectivity index (χ2n) is 8.63.